The molecule has 1 N–H and O–H groups in total. The van der Waals surface area contributed by atoms with Gasteiger partial charge in [0.25, 0.3) is 0 Å². The van der Waals surface area contributed by atoms with Gasteiger partial charge in [-0.2, -0.15) is 0 Å². The predicted octanol–water partition coefficient (Wildman–Crippen LogP) is 1.58. The average molecular weight is 248 g/mol. The van der Waals surface area contributed by atoms with Crippen LogP contribution >= 0.6 is 0 Å². The predicted molar refractivity (Wildman–Crippen MR) is 70.6 cm³/mol. The van der Waals surface area contributed by atoms with E-state index in [0.717, 1.165) is 17.7 Å². The number of benzene rings is 1. The second-order valence-electron chi connectivity index (χ2n) is 4.85. The molecule has 98 valence electrons. The maximum Gasteiger partial charge on any atom is 0.238 e. The molecule has 2 unspecified atom stereocenters. The van der Waals surface area contributed by atoms with E-state index in [0.29, 0.717) is 6.61 Å². The summed E-state index contributed by atoms with van der Waals surface area (Å²) in [5.41, 5.74) is 1.14. The number of ether oxygens (including phenoxy) is 1. The van der Waals surface area contributed by atoms with Gasteiger partial charge < -0.3 is 9.64 Å². The Balaban J connectivity index is 2.10. The number of nitrogens with one attached hydrogen (secondary N) is 1. The van der Waals surface area contributed by atoms with E-state index in [-0.39, 0.29) is 18.0 Å². The summed E-state index contributed by atoms with van der Waals surface area (Å²) in [5, 5.41) is 3.38. The Morgan fingerprint density at radius 1 is 1.44 bits per heavy atom. The number of likely N-dealkylation sites (N-methyl/N-ethyl adjacent to an activating group) is 1. The zero-order chi connectivity index (χ0) is 13.1. The van der Waals surface area contributed by atoms with Gasteiger partial charge in [-0.1, -0.05) is 18.2 Å². The van der Waals surface area contributed by atoms with Gasteiger partial charge in [0, 0.05) is 32.1 Å². The monoisotopic (exact) mass is 248 g/mol. The van der Waals surface area contributed by atoms with Crippen molar-refractivity contribution in [3.05, 3.63) is 29.8 Å². The van der Waals surface area contributed by atoms with E-state index < -0.39 is 0 Å². The first-order chi connectivity index (χ1) is 8.59. The Labute approximate surface area is 108 Å². The van der Waals surface area contributed by atoms with Crippen molar-refractivity contribution in [2.45, 2.75) is 25.4 Å². The van der Waals surface area contributed by atoms with Gasteiger partial charge in [0.05, 0.1) is 12.6 Å². The van der Waals surface area contributed by atoms with Gasteiger partial charge in [-0.05, 0) is 13.0 Å². The van der Waals surface area contributed by atoms with Crippen LogP contribution in [0.5, 0.6) is 5.75 Å². The van der Waals surface area contributed by atoms with Gasteiger partial charge in [0.15, 0.2) is 0 Å². The highest BCUT2D eigenvalue weighted by Crippen LogP contribution is 2.31. The van der Waals surface area contributed by atoms with E-state index in [1.54, 1.807) is 19.0 Å². The lowest BCUT2D eigenvalue weighted by Crippen LogP contribution is -2.44. The van der Waals surface area contributed by atoms with E-state index in [9.17, 15) is 4.79 Å². The molecule has 0 aromatic heterocycles. The minimum absolute atomic E-state index is 0.0963. The van der Waals surface area contributed by atoms with Crippen molar-refractivity contribution < 1.29 is 9.53 Å². The lowest BCUT2D eigenvalue weighted by Gasteiger charge is -2.29. The van der Waals surface area contributed by atoms with Crippen molar-refractivity contribution >= 4 is 5.91 Å². The zero-order valence-corrected chi connectivity index (χ0v) is 11.1. The maximum atomic E-state index is 11.9. The minimum Gasteiger partial charge on any atom is -0.493 e. The highest BCUT2D eigenvalue weighted by Gasteiger charge is 2.25. The molecule has 0 saturated heterocycles. The molecule has 4 heteroatoms. The van der Waals surface area contributed by atoms with Crippen LogP contribution in [-0.2, 0) is 4.79 Å². The van der Waals surface area contributed by atoms with E-state index in [4.69, 9.17) is 4.74 Å². The number of rotatable bonds is 3. The van der Waals surface area contributed by atoms with Crippen LogP contribution in [-0.4, -0.2) is 37.6 Å². The average Bonchev–Trinajstić information content (AvgIpc) is 2.38. The molecule has 0 bridgehead atoms. The third kappa shape index (κ3) is 2.64. The van der Waals surface area contributed by atoms with Crippen LogP contribution in [0.2, 0.25) is 0 Å². The summed E-state index contributed by atoms with van der Waals surface area (Å²) in [6.07, 6.45) is 0.891. The van der Waals surface area contributed by atoms with Gasteiger partial charge in [-0.3, -0.25) is 10.1 Å². The second-order valence-corrected chi connectivity index (χ2v) is 4.85. The fourth-order valence-corrected chi connectivity index (χ4v) is 2.28. The largest absolute Gasteiger partial charge is 0.493 e. The number of para-hydroxylation sites is 1. The summed E-state index contributed by atoms with van der Waals surface area (Å²) in [5.74, 6) is 1.02. The van der Waals surface area contributed by atoms with Crippen LogP contribution in [0.4, 0.5) is 0 Å². The third-order valence-electron chi connectivity index (χ3n) is 3.22. The van der Waals surface area contributed by atoms with Gasteiger partial charge in [0.2, 0.25) is 5.91 Å². The lowest BCUT2D eigenvalue weighted by atomic mass is 9.99. The van der Waals surface area contributed by atoms with Crippen molar-refractivity contribution in [3.8, 4) is 5.75 Å². The number of carbonyl (C=O) groups is 1. The summed E-state index contributed by atoms with van der Waals surface area (Å²) >= 11 is 0. The molecule has 1 aromatic carbocycles. The minimum atomic E-state index is -0.184. The Hall–Kier alpha value is -1.55. The Morgan fingerprint density at radius 2 is 2.17 bits per heavy atom. The first-order valence-electron chi connectivity index (χ1n) is 6.28. The van der Waals surface area contributed by atoms with E-state index in [2.05, 4.69) is 11.4 Å². The summed E-state index contributed by atoms with van der Waals surface area (Å²) < 4.78 is 5.61. The van der Waals surface area contributed by atoms with E-state index in [1.807, 2.05) is 25.1 Å². The van der Waals surface area contributed by atoms with Crippen LogP contribution in [0.15, 0.2) is 24.3 Å². The van der Waals surface area contributed by atoms with Crippen molar-refractivity contribution in [3.63, 3.8) is 0 Å². The molecule has 0 fully saturated rings. The number of carbonyl (C=O) groups excluding carboxylic acids is 1. The maximum absolute atomic E-state index is 11.9. The third-order valence-corrected chi connectivity index (χ3v) is 3.22. The van der Waals surface area contributed by atoms with Gasteiger partial charge in [-0.15, -0.1) is 0 Å². The second kappa shape index (κ2) is 5.40. The molecule has 0 spiro atoms. The molecule has 1 aliphatic heterocycles. The van der Waals surface area contributed by atoms with Gasteiger partial charge in [-0.25, -0.2) is 0 Å². The smallest absolute Gasteiger partial charge is 0.238 e. The zero-order valence-electron chi connectivity index (χ0n) is 11.1. The number of hydrogen-bond acceptors (Lipinski definition) is 3. The molecular weight excluding hydrogens is 228 g/mol. The molecule has 1 amide bonds. The SMILES string of the molecule is CC(NC1CCOc2ccccc21)C(=O)N(C)C. The van der Waals surface area contributed by atoms with Crippen LogP contribution in [0.3, 0.4) is 0 Å². The Bertz CT molecular complexity index is 432. The molecule has 2 atom stereocenters. The van der Waals surface area contributed by atoms with E-state index in [1.165, 1.54) is 0 Å². The lowest BCUT2D eigenvalue weighted by molar-refractivity contribution is -0.130. The van der Waals surface area contributed by atoms with Crippen molar-refractivity contribution in [1.82, 2.24) is 10.2 Å². The van der Waals surface area contributed by atoms with Crippen molar-refractivity contribution in [1.29, 1.82) is 0 Å². The normalized spacial score (nSPS) is 19.6. The molecular formula is C14H20N2O2. The van der Waals surface area contributed by atoms with Crippen molar-refractivity contribution in [2.75, 3.05) is 20.7 Å². The molecule has 0 saturated carbocycles. The molecule has 18 heavy (non-hydrogen) atoms. The standard InChI is InChI=1S/C14H20N2O2/c1-10(14(17)16(2)3)15-12-8-9-18-13-7-5-4-6-11(12)13/h4-7,10,12,15H,8-9H2,1-3H3. The Kier molecular flexibility index (Phi) is 3.87. The highest BCUT2D eigenvalue weighted by molar-refractivity contribution is 5.81. The van der Waals surface area contributed by atoms with Crippen LogP contribution in [0.1, 0.15) is 24.9 Å². The number of amides is 1. The van der Waals surface area contributed by atoms with Crippen LogP contribution in [0, 0.1) is 0 Å². The molecule has 0 aliphatic carbocycles. The highest BCUT2D eigenvalue weighted by atomic mass is 16.5. The topological polar surface area (TPSA) is 41.6 Å². The summed E-state index contributed by atoms with van der Waals surface area (Å²) in [6.45, 7) is 2.60. The molecule has 1 heterocycles. The number of fused-ring (bicyclic) bond motifs is 1. The molecule has 2 rings (SSSR count). The van der Waals surface area contributed by atoms with Crippen LogP contribution in [0.25, 0.3) is 0 Å². The van der Waals surface area contributed by atoms with Crippen LogP contribution < -0.4 is 10.1 Å². The van der Waals surface area contributed by atoms with E-state index >= 15 is 0 Å². The summed E-state index contributed by atoms with van der Waals surface area (Å²) in [6, 6.07) is 8.00. The number of nitrogens with zero attached hydrogens (tertiary/aromatic N) is 1. The first-order valence-corrected chi connectivity index (χ1v) is 6.28. The molecule has 1 aliphatic rings. The Morgan fingerprint density at radius 3 is 2.89 bits per heavy atom. The number of hydrogen-bond donors (Lipinski definition) is 1. The fraction of sp³-hybridized carbons (Fsp3) is 0.500. The van der Waals surface area contributed by atoms with Gasteiger partial charge >= 0.3 is 0 Å². The fourth-order valence-electron chi connectivity index (χ4n) is 2.28. The quantitative estimate of drug-likeness (QED) is 0.883. The van der Waals surface area contributed by atoms with Crippen molar-refractivity contribution in [2.24, 2.45) is 0 Å². The first kappa shape index (κ1) is 12.9. The summed E-state index contributed by atoms with van der Waals surface area (Å²) in [4.78, 5) is 13.5. The van der Waals surface area contributed by atoms with Gasteiger partial charge in [0.1, 0.15) is 5.75 Å². The molecule has 4 nitrogen and oxygen atoms in total. The molecule has 1 aromatic rings. The summed E-state index contributed by atoms with van der Waals surface area (Å²) in [7, 11) is 3.55. The molecule has 0 radical (unpaired) electrons.